The van der Waals surface area contributed by atoms with E-state index < -0.39 is 10.8 Å². The number of ether oxygens (including phenoxy) is 1. The fraction of sp³-hybridized carbons (Fsp3) is 0.211. The first kappa shape index (κ1) is 19.0. The van der Waals surface area contributed by atoms with Gasteiger partial charge in [-0.3, -0.25) is 14.9 Å². The maximum Gasteiger partial charge on any atom is 0.274 e. The fourth-order valence-electron chi connectivity index (χ4n) is 2.63. The third-order valence-corrected chi connectivity index (χ3v) is 3.98. The van der Waals surface area contributed by atoms with Crippen LogP contribution in [0, 0.1) is 17.0 Å². The van der Waals surface area contributed by atoms with Crippen LogP contribution >= 0.6 is 0 Å². The summed E-state index contributed by atoms with van der Waals surface area (Å²) in [4.78, 5) is 27.5. The Labute approximate surface area is 160 Å². The van der Waals surface area contributed by atoms with Crippen LogP contribution in [0.1, 0.15) is 34.6 Å². The van der Waals surface area contributed by atoms with Gasteiger partial charge in [0.25, 0.3) is 11.6 Å². The normalized spacial score (nSPS) is 10.5. The fourth-order valence-corrected chi connectivity index (χ4v) is 2.63. The average Bonchev–Trinajstić information content (AvgIpc) is 3.11. The molecule has 1 heterocycles. The summed E-state index contributed by atoms with van der Waals surface area (Å²) in [6.07, 6.45) is 0.525. The Hall–Kier alpha value is -3.75. The summed E-state index contributed by atoms with van der Waals surface area (Å²) in [5, 5.41) is 17.6. The summed E-state index contributed by atoms with van der Waals surface area (Å²) in [6, 6.07) is 11.3. The first-order valence-electron chi connectivity index (χ1n) is 8.57. The van der Waals surface area contributed by atoms with Crippen molar-refractivity contribution < 1.29 is 19.0 Å². The van der Waals surface area contributed by atoms with E-state index in [0.717, 1.165) is 0 Å². The molecule has 0 aliphatic carbocycles. The number of nitro groups is 1. The highest BCUT2D eigenvalue weighted by Gasteiger charge is 2.17. The second-order valence-electron chi connectivity index (χ2n) is 5.92. The quantitative estimate of drug-likeness (QED) is 0.489. The van der Waals surface area contributed by atoms with E-state index >= 15 is 0 Å². The van der Waals surface area contributed by atoms with Crippen molar-refractivity contribution in [3.8, 4) is 5.75 Å². The first-order chi connectivity index (χ1) is 13.5. The number of hydrogen-bond donors (Lipinski definition) is 1. The number of aromatic nitrogens is 2. The molecule has 28 heavy (non-hydrogen) atoms. The molecule has 0 unspecified atom stereocenters. The predicted molar refractivity (Wildman–Crippen MR) is 100 cm³/mol. The smallest absolute Gasteiger partial charge is 0.274 e. The molecule has 0 atom stereocenters. The number of anilines is 1. The van der Waals surface area contributed by atoms with Crippen molar-refractivity contribution in [2.45, 2.75) is 26.9 Å². The molecule has 144 valence electrons. The zero-order valence-corrected chi connectivity index (χ0v) is 15.3. The van der Waals surface area contributed by atoms with Gasteiger partial charge in [0, 0.05) is 24.2 Å². The molecule has 0 saturated heterocycles. The molecule has 3 rings (SSSR count). The number of aryl methyl sites for hydroxylation is 2. The summed E-state index contributed by atoms with van der Waals surface area (Å²) < 4.78 is 10.5. The molecule has 0 fully saturated rings. The maximum absolute atomic E-state index is 12.7. The number of nitrogens with one attached hydrogen (secondary N) is 1. The van der Waals surface area contributed by atoms with Crippen molar-refractivity contribution in [3.63, 3.8) is 0 Å². The van der Waals surface area contributed by atoms with E-state index in [9.17, 15) is 14.9 Å². The minimum absolute atomic E-state index is 0.0303. The lowest BCUT2D eigenvalue weighted by Crippen LogP contribution is -2.14. The largest absolute Gasteiger partial charge is 0.485 e. The van der Waals surface area contributed by atoms with Gasteiger partial charge in [0.1, 0.15) is 5.75 Å². The maximum atomic E-state index is 12.7. The average molecular weight is 382 g/mol. The van der Waals surface area contributed by atoms with E-state index in [4.69, 9.17) is 9.26 Å². The summed E-state index contributed by atoms with van der Waals surface area (Å²) in [7, 11) is 0. The third kappa shape index (κ3) is 4.32. The van der Waals surface area contributed by atoms with Crippen LogP contribution in [-0.4, -0.2) is 21.0 Å². The molecular weight excluding hydrogens is 364 g/mol. The van der Waals surface area contributed by atoms with Crippen LogP contribution in [0.3, 0.4) is 0 Å². The minimum atomic E-state index is -0.460. The predicted octanol–water partition coefficient (Wildman–Crippen LogP) is 3.68. The Morgan fingerprint density at radius 1 is 1.29 bits per heavy atom. The van der Waals surface area contributed by atoms with Gasteiger partial charge < -0.3 is 14.6 Å². The summed E-state index contributed by atoms with van der Waals surface area (Å²) in [5.74, 6) is 0.667. The summed E-state index contributed by atoms with van der Waals surface area (Å²) >= 11 is 0. The second-order valence-corrected chi connectivity index (χ2v) is 5.92. The molecule has 2 aromatic carbocycles. The molecule has 1 amide bonds. The minimum Gasteiger partial charge on any atom is -0.485 e. The van der Waals surface area contributed by atoms with Gasteiger partial charge in [0.2, 0.25) is 11.7 Å². The molecule has 3 aromatic rings. The SMILES string of the molecule is CCc1ccc(NC(=O)c2ccccc2OCc2noc(C)n2)cc1[N+](=O)[O-]. The molecule has 9 heteroatoms. The molecule has 0 aliphatic heterocycles. The van der Waals surface area contributed by atoms with Crippen molar-refractivity contribution in [2.24, 2.45) is 0 Å². The van der Waals surface area contributed by atoms with Crippen molar-refractivity contribution in [2.75, 3.05) is 5.32 Å². The molecule has 0 aliphatic rings. The molecule has 1 N–H and O–H groups in total. The number of para-hydroxylation sites is 1. The molecule has 0 bridgehead atoms. The van der Waals surface area contributed by atoms with Crippen molar-refractivity contribution >= 4 is 17.3 Å². The Morgan fingerprint density at radius 2 is 2.07 bits per heavy atom. The van der Waals surface area contributed by atoms with Gasteiger partial charge in [-0.25, -0.2) is 0 Å². The zero-order chi connectivity index (χ0) is 20.1. The zero-order valence-electron chi connectivity index (χ0n) is 15.3. The number of nitro benzene ring substituents is 1. The van der Waals surface area contributed by atoms with Crippen LogP contribution in [0.5, 0.6) is 5.75 Å². The number of nitrogens with zero attached hydrogens (tertiary/aromatic N) is 3. The van der Waals surface area contributed by atoms with E-state index in [1.54, 1.807) is 43.3 Å². The third-order valence-electron chi connectivity index (χ3n) is 3.98. The van der Waals surface area contributed by atoms with Crippen LogP contribution in [0.2, 0.25) is 0 Å². The lowest BCUT2D eigenvalue weighted by atomic mass is 10.1. The molecule has 1 aromatic heterocycles. The van der Waals surface area contributed by atoms with Crippen molar-refractivity contribution in [1.82, 2.24) is 10.1 Å². The van der Waals surface area contributed by atoms with Crippen molar-refractivity contribution in [3.05, 3.63) is 75.4 Å². The molecule has 0 radical (unpaired) electrons. The number of benzene rings is 2. The topological polar surface area (TPSA) is 120 Å². The van der Waals surface area contributed by atoms with Gasteiger partial charge >= 0.3 is 0 Å². The number of amides is 1. The summed E-state index contributed by atoms with van der Waals surface area (Å²) in [5.41, 5.74) is 1.18. The van der Waals surface area contributed by atoms with Gasteiger partial charge in [-0.1, -0.05) is 30.3 Å². The lowest BCUT2D eigenvalue weighted by Gasteiger charge is -2.11. The van der Waals surface area contributed by atoms with Crippen LogP contribution in [0.15, 0.2) is 47.0 Å². The Balaban J connectivity index is 1.77. The Bertz CT molecular complexity index is 1020. The highest BCUT2D eigenvalue weighted by atomic mass is 16.6. The standard InChI is InChI=1S/C19H18N4O5/c1-3-13-8-9-14(10-16(13)23(25)26)21-19(24)15-6-4-5-7-17(15)27-11-18-20-12(2)28-22-18/h4-10H,3,11H2,1-2H3,(H,21,24). The monoisotopic (exact) mass is 382 g/mol. The van der Waals surface area contributed by atoms with E-state index in [-0.39, 0.29) is 17.9 Å². The highest BCUT2D eigenvalue weighted by molar-refractivity contribution is 6.06. The molecular formula is C19H18N4O5. The summed E-state index contributed by atoms with van der Waals surface area (Å²) in [6.45, 7) is 3.54. The highest BCUT2D eigenvalue weighted by Crippen LogP contribution is 2.25. The number of hydrogen-bond acceptors (Lipinski definition) is 7. The van der Waals surface area contributed by atoms with E-state index in [1.165, 1.54) is 6.07 Å². The first-order valence-corrected chi connectivity index (χ1v) is 8.57. The van der Waals surface area contributed by atoms with E-state index in [0.29, 0.717) is 35.1 Å². The van der Waals surface area contributed by atoms with E-state index in [1.807, 2.05) is 6.92 Å². The van der Waals surface area contributed by atoms with E-state index in [2.05, 4.69) is 15.5 Å². The number of carbonyl (C=O) groups excluding carboxylic acids is 1. The number of carbonyl (C=O) groups is 1. The van der Waals surface area contributed by atoms with Crippen LogP contribution in [-0.2, 0) is 13.0 Å². The van der Waals surface area contributed by atoms with Gasteiger partial charge in [0.15, 0.2) is 6.61 Å². The Morgan fingerprint density at radius 3 is 2.75 bits per heavy atom. The lowest BCUT2D eigenvalue weighted by molar-refractivity contribution is -0.385. The molecule has 0 saturated carbocycles. The van der Waals surface area contributed by atoms with Crippen LogP contribution in [0.4, 0.5) is 11.4 Å². The van der Waals surface area contributed by atoms with Crippen LogP contribution in [0.25, 0.3) is 0 Å². The Kier molecular flexibility index (Phi) is 5.64. The van der Waals surface area contributed by atoms with Gasteiger partial charge in [-0.15, -0.1) is 0 Å². The van der Waals surface area contributed by atoms with Crippen LogP contribution < -0.4 is 10.1 Å². The van der Waals surface area contributed by atoms with Crippen molar-refractivity contribution in [1.29, 1.82) is 0 Å². The number of rotatable bonds is 7. The molecule has 9 nitrogen and oxygen atoms in total. The van der Waals surface area contributed by atoms with Gasteiger partial charge in [-0.2, -0.15) is 4.98 Å². The molecule has 0 spiro atoms. The van der Waals surface area contributed by atoms with Gasteiger partial charge in [0.05, 0.1) is 10.5 Å². The van der Waals surface area contributed by atoms with Gasteiger partial charge in [-0.05, 0) is 24.6 Å². The second kappa shape index (κ2) is 8.30.